The Balaban J connectivity index is 1.84. The van der Waals surface area contributed by atoms with Gasteiger partial charge in [-0.15, -0.1) is 0 Å². The molecule has 2 aromatic rings. The summed E-state index contributed by atoms with van der Waals surface area (Å²) in [6, 6.07) is 11.9. The van der Waals surface area contributed by atoms with Crippen LogP contribution in [0.4, 0.5) is 5.69 Å². The number of amides is 1. The molecule has 0 aliphatic rings. The van der Waals surface area contributed by atoms with E-state index in [0.717, 1.165) is 0 Å². The number of benzene rings is 1. The molecule has 8 heteroatoms. The predicted octanol–water partition coefficient (Wildman–Crippen LogP) is 2.28. The van der Waals surface area contributed by atoms with Crippen molar-refractivity contribution < 1.29 is 14.4 Å². The van der Waals surface area contributed by atoms with Crippen LogP contribution in [0.2, 0.25) is 0 Å². The van der Waals surface area contributed by atoms with Crippen LogP contribution in [0.15, 0.2) is 48.8 Å². The lowest BCUT2D eigenvalue weighted by atomic mass is 10.3. The molecule has 0 radical (unpaired) electrons. The number of halogens is 1. The lowest BCUT2D eigenvalue weighted by Crippen LogP contribution is -2.30. The number of nitrogens with zero attached hydrogens (tertiary/aromatic N) is 2. The molecule has 0 spiro atoms. The average Bonchev–Trinajstić information content (AvgIpc) is 2.59. The molecule has 0 saturated heterocycles. The molecule has 1 amide bonds. The number of nitriles is 1. The average molecular weight is 333 g/mol. The van der Waals surface area contributed by atoms with Crippen LogP contribution in [0.1, 0.15) is 10.4 Å². The Bertz CT molecular complexity index is 691. The van der Waals surface area contributed by atoms with Crippen molar-refractivity contribution in [2.24, 2.45) is 0 Å². The van der Waals surface area contributed by atoms with Gasteiger partial charge in [0, 0.05) is 24.1 Å². The summed E-state index contributed by atoms with van der Waals surface area (Å²) >= 11 is 5.95. The first-order chi connectivity index (χ1) is 11.2. The van der Waals surface area contributed by atoms with Gasteiger partial charge in [0.05, 0.1) is 5.56 Å². The molecule has 2 N–H and O–H groups in total. The van der Waals surface area contributed by atoms with Crippen molar-refractivity contribution in [3.05, 3.63) is 54.4 Å². The summed E-state index contributed by atoms with van der Waals surface area (Å²) in [5.74, 6) is 0.0523. The first-order valence-corrected chi connectivity index (χ1v) is 6.99. The second-order valence-corrected chi connectivity index (χ2v) is 4.62. The lowest BCUT2D eigenvalue weighted by molar-refractivity contribution is 0.0255. The fraction of sp³-hybridized carbons (Fsp3) is 0.133. The largest absolute Gasteiger partial charge is 0.479 e. The Labute approximate surface area is 137 Å². The monoisotopic (exact) mass is 332 g/mol. The summed E-state index contributed by atoms with van der Waals surface area (Å²) < 4.78 is 5.17. The highest BCUT2D eigenvalue weighted by molar-refractivity contribution is 6.20. The van der Waals surface area contributed by atoms with E-state index >= 15 is 0 Å². The van der Waals surface area contributed by atoms with E-state index in [0.29, 0.717) is 17.0 Å². The smallest absolute Gasteiger partial charge is 0.276 e. The van der Waals surface area contributed by atoms with Gasteiger partial charge in [0.1, 0.15) is 11.8 Å². The molecule has 0 aliphatic heterocycles. The third kappa shape index (κ3) is 5.47. The molecule has 1 heterocycles. The van der Waals surface area contributed by atoms with Crippen molar-refractivity contribution in [3.63, 3.8) is 0 Å². The topological polar surface area (TPSA) is 96.3 Å². The van der Waals surface area contributed by atoms with Crippen LogP contribution in [0.3, 0.4) is 0 Å². The van der Waals surface area contributed by atoms with Gasteiger partial charge in [-0.1, -0.05) is 17.7 Å². The van der Waals surface area contributed by atoms with Crippen LogP contribution in [-0.2, 0) is 4.84 Å². The predicted molar refractivity (Wildman–Crippen MR) is 83.6 cm³/mol. The van der Waals surface area contributed by atoms with Gasteiger partial charge in [-0.05, 0) is 24.3 Å². The fourth-order valence-corrected chi connectivity index (χ4v) is 1.78. The van der Waals surface area contributed by atoms with Crippen molar-refractivity contribution >= 4 is 23.2 Å². The highest BCUT2D eigenvalue weighted by Gasteiger charge is 2.10. The van der Waals surface area contributed by atoms with Gasteiger partial charge in [0.25, 0.3) is 5.91 Å². The molecule has 0 fully saturated rings. The van der Waals surface area contributed by atoms with E-state index in [9.17, 15) is 4.79 Å². The molecule has 0 aliphatic carbocycles. The number of nitrogens with one attached hydrogen (secondary N) is 2. The van der Waals surface area contributed by atoms with E-state index in [1.54, 1.807) is 42.6 Å². The van der Waals surface area contributed by atoms with Crippen LogP contribution < -0.4 is 15.5 Å². The fourth-order valence-electron chi connectivity index (χ4n) is 1.61. The highest BCUT2D eigenvalue weighted by Crippen LogP contribution is 2.18. The van der Waals surface area contributed by atoms with Crippen molar-refractivity contribution in [2.45, 2.75) is 5.69 Å². The normalized spacial score (nSPS) is 11.1. The van der Waals surface area contributed by atoms with E-state index in [-0.39, 0.29) is 6.61 Å². The molecule has 0 bridgehead atoms. The maximum absolute atomic E-state index is 11.8. The SMILES string of the molecule is N#CCOc1cccc(NC(Cl)ONC(=O)c2cccnc2)c1. The number of carbonyl (C=O) groups is 1. The molecule has 1 aromatic heterocycles. The molecule has 23 heavy (non-hydrogen) atoms. The molecule has 1 unspecified atom stereocenters. The van der Waals surface area contributed by atoms with E-state index in [1.807, 2.05) is 6.07 Å². The number of hydrogen-bond acceptors (Lipinski definition) is 6. The van der Waals surface area contributed by atoms with Gasteiger partial charge in [-0.25, -0.2) is 10.3 Å². The van der Waals surface area contributed by atoms with E-state index in [2.05, 4.69) is 15.8 Å². The molecule has 7 nitrogen and oxygen atoms in total. The molecule has 1 aromatic carbocycles. The maximum atomic E-state index is 11.8. The van der Waals surface area contributed by atoms with Crippen LogP contribution in [0, 0.1) is 11.3 Å². The Morgan fingerprint density at radius 3 is 3.00 bits per heavy atom. The summed E-state index contributed by atoms with van der Waals surface area (Å²) in [4.78, 5) is 20.6. The zero-order valence-electron chi connectivity index (χ0n) is 11.9. The molecular formula is C15H13ClN4O3. The maximum Gasteiger partial charge on any atom is 0.276 e. The van der Waals surface area contributed by atoms with E-state index in [4.69, 9.17) is 26.4 Å². The second kappa shape index (κ2) is 8.58. The molecule has 2 rings (SSSR count). The number of anilines is 1. The summed E-state index contributed by atoms with van der Waals surface area (Å²) in [6.07, 6.45) is 2.97. The van der Waals surface area contributed by atoms with Crippen LogP contribution in [0.5, 0.6) is 5.75 Å². The third-order valence-electron chi connectivity index (χ3n) is 2.60. The Morgan fingerprint density at radius 1 is 1.39 bits per heavy atom. The quantitative estimate of drug-likeness (QED) is 0.349. The number of hydroxylamine groups is 1. The van der Waals surface area contributed by atoms with Crippen molar-refractivity contribution in [1.29, 1.82) is 5.26 Å². The minimum Gasteiger partial charge on any atom is -0.479 e. The van der Waals surface area contributed by atoms with Gasteiger partial charge >= 0.3 is 0 Å². The summed E-state index contributed by atoms with van der Waals surface area (Å²) in [7, 11) is 0. The summed E-state index contributed by atoms with van der Waals surface area (Å²) in [5, 5.41) is 11.3. The number of carbonyl (C=O) groups excluding carboxylic acids is 1. The van der Waals surface area contributed by atoms with Gasteiger partial charge in [0.15, 0.2) is 6.61 Å². The first kappa shape index (κ1) is 16.5. The van der Waals surface area contributed by atoms with E-state index < -0.39 is 11.6 Å². The van der Waals surface area contributed by atoms with Crippen molar-refractivity contribution in [1.82, 2.24) is 10.5 Å². The number of pyridine rings is 1. The second-order valence-electron chi connectivity index (χ2n) is 4.23. The molecule has 1 atom stereocenters. The van der Waals surface area contributed by atoms with Crippen LogP contribution in [0.25, 0.3) is 0 Å². The third-order valence-corrected chi connectivity index (χ3v) is 2.79. The standard InChI is InChI=1S/C15H13ClN4O3/c16-15(23-20-14(21)11-3-2-7-18-10-11)19-12-4-1-5-13(9-12)22-8-6-17/h1-5,7,9-10,15,19H,8H2,(H,20,21). The van der Waals surface area contributed by atoms with Gasteiger partial charge < -0.3 is 10.1 Å². The van der Waals surface area contributed by atoms with Gasteiger partial charge in [-0.2, -0.15) is 5.26 Å². The number of alkyl halides is 1. The molecule has 118 valence electrons. The van der Waals surface area contributed by atoms with Crippen LogP contribution in [-0.4, -0.2) is 23.2 Å². The Morgan fingerprint density at radius 2 is 2.26 bits per heavy atom. The first-order valence-electron chi connectivity index (χ1n) is 6.55. The van der Waals surface area contributed by atoms with Gasteiger partial charge in [-0.3, -0.25) is 9.78 Å². The minimum absolute atomic E-state index is 0.0502. The van der Waals surface area contributed by atoms with Crippen molar-refractivity contribution in [3.8, 4) is 11.8 Å². The summed E-state index contributed by atoms with van der Waals surface area (Å²) in [6.45, 7) is -0.0502. The van der Waals surface area contributed by atoms with E-state index in [1.165, 1.54) is 6.20 Å². The van der Waals surface area contributed by atoms with Crippen molar-refractivity contribution in [2.75, 3.05) is 11.9 Å². The zero-order chi connectivity index (χ0) is 16.5. The minimum atomic E-state index is -0.998. The zero-order valence-corrected chi connectivity index (χ0v) is 12.7. The Hall–Kier alpha value is -2.82. The number of rotatable bonds is 7. The lowest BCUT2D eigenvalue weighted by Gasteiger charge is -2.14. The highest BCUT2D eigenvalue weighted by atomic mass is 35.5. The number of ether oxygens (including phenoxy) is 1. The Kier molecular flexibility index (Phi) is 6.17. The van der Waals surface area contributed by atoms with Crippen LogP contribution >= 0.6 is 11.6 Å². The number of hydrogen-bond donors (Lipinski definition) is 2. The summed E-state index contributed by atoms with van der Waals surface area (Å²) in [5.41, 5.74) is 2.18. The molecule has 0 saturated carbocycles. The molecular weight excluding hydrogens is 320 g/mol. The number of aromatic nitrogens is 1. The van der Waals surface area contributed by atoms with Gasteiger partial charge in [0.2, 0.25) is 5.69 Å².